The lowest BCUT2D eigenvalue weighted by Gasteiger charge is -2.16. The first-order valence-corrected chi connectivity index (χ1v) is 7.75. The molecular weight excluding hydrogens is 328 g/mol. The average Bonchev–Trinajstić information content (AvgIpc) is 2.60. The lowest BCUT2D eigenvalue weighted by molar-refractivity contribution is -0.115. The summed E-state index contributed by atoms with van der Waals surface area (Å²) in [6.45, 7) is 0. The molecule has 0 aliphatic carbocycles. The molecule has 0 bridgehead atoms. The molecule has 0 saturated carbocycles. The molecule has 3 rings (SSSR count). The predicted molar refractivity (Wildman–Crippen MR) is 84.1 cm³/mol. The number of amides is 1. The van der Waals surface area contributed by atoms with Gasteiger partial charge in [0.15, 0.2) is 0 Å². The molecule has 0 saturated heterocycles. The van der Waals surface area contributed by atoms with Crippen LogP contribution in [0.2, 0.25) is 5.02 Å². The van der Waals surface area contributed by atoms with Gasteiger partial charge in [-0.05, 0) is 36.4 Å². The van der Waals surface area contributed by atoms with Crippen LogP contribution in [0.15, 0.2) is 41.3 Å². The second-order valence-corrected chi connectivity index (χ2v) is 6.50. The van der Waals surface area contributed by atoms with Gasteiger partial charge in [-0.1, -0.05) is 11.6 Å². The van der Waals surface area contributed by atoms with E-state index in [0.717, 1.165) is 23.1 Å². The van der Waals surface area contributed by atoms with E-state index in [1.807, 2.05) is 0 Å². The van der Waals surface area contributed by atoms with Crippen LogP contribution in [0.25, 0.3) is 0 Å². The van der Waals surface area contributed by atoms with Crippen LogP contribution in [0.4, 0.5) is 14.5 Å². The Hall–Kier alpha value is -1.59. The van der Waals surface area contributed by atoms with Crippen molar-refractivity contribution < 1.29 is 13.6 Å². The summed E-state index contributed by atoms with van der Waals surface area (Å²) in [6.07, 6.45) is 1.39. The van der Waals surface area contributed by atoms with Gasteiger partial charge in [0.25, 0.3) is 0 Å². The van der Waals surface area contributed by atoms with Crippen molar-refractivity contribution in [2.45, 2.75) is 10.1 Å². The number of carbonyl (C=O) groups excluding carboxylic acids is 1. The summed E-state index contributed by atoms with van der Waals surface area (Å²) in [4.78, 5) is 14.5. The molecule has 113 valence electrons. The Morgan fingerprint density at radius 3 is 2.73 bits per heavy atom. The van der Waals surface area contributed by atoms with E-state index in [2.05, 4.69) is 0 Å². The molecule has 0 spiro atoms. The van der Waals surface area contributed by atoms with Crippen molar-refractivity contribution in [3.8, 4) is 0 Å². The number of thioether (sulfide) groups is 1. The SMILES string of the molecule is CN1C(=O)[CH][C@H](c2cc(F)ccc2F)Sc2ccc(Cl)cc21. The Balaban J connectivity index is 2.07. The molecule has 0 fully saturated rings. The van der Waals surface area contributed by atoms with E-state index in [0.29, 0.717) is 10.7 Å². The minimum Gasteiger partial charge on any atom is -0.314 e. The smallest absolute Gasteiger partial charge is 0.232 e. The number of rotatable bonds is 1. The zero-order valence-corrected chi connectivity index (χ0v) is 13.1. The fourth-order valence-corrected chi connectivity index (χ4v) is 3.66. The van der Waals surface area contributed by atoms with Crippen LogP contribution >= 0.6 is 23.4 Å². The molecule has 6 heteroatoms. The highest BCUT2D eigenvalue weighted by Crippen LogP contribution is 2.46. The van der Waals surface area contributed by atoms with Crippen molar-refractivity contribution in [2.75, 3.05) is 11.9 Å². The maximum atomic E-state index is 14.0. The van der Waals surface area contributed by atoms with Gasteiger partial charge in [-0.15, -0.1) is 11.8 Å². The topological polar surface area (TPSA) is 20.3 Å². The number of halogens is 3. The van der Waals surface area contributed by atoms with Gasteiger partial charge < -0.3 is 4.90 Å². The molecule has 1 atom stereocenters. The van der Waals surface area contributed by atoms with Crippen LogP contribution in [-0.4, -0.2) is 13.0 Å². The lowest BCUT2D eigenvalue weighted by Crippen LogP contribution is -2.26. The Bertz CT molecular complexity index is 753. The van der Waals surface area contributed by atoms with Crippen molar-refractivity contribution >= 4 is 35.0 Å². The average molecular weight is 339 g/mol. The van der Waals surface area contributed by atoms with E-state index in [9.17, 15) is 13.6 Å². The summed E-state index contributed by atoms with van der Waals surface area (Å²) in [5, 5.41) is -0.0949. The number of benzene rings is 2. The van der Waals surface area contributed by atoms with Crippen LogP contribution in [0.5, 0.6) is 0 Å². The fourth-order valence-electron chi connectivity index (χ4n) is 2.27. The maximum Gasteiger partial charge on any atom is 0.232 e. The van der Waals surface area contributed by atoms with Crippen LogP contribution < -0.4 is 4.90 Å². The minimum absolute atomic E-state index is 0.148. The normalized spacial score (nSPS) is 18.1. The third-order valence-electron chi connectivity index (χ3n) is 3.43. The third kappa shape index (κ3) is 2.83. The van der Waals surface area contributed by atoms with Gasteiger partial charge in [-0.25, -0.2) is 8.78 Å². The van der Waals surface area contributed by atoms with Crippen molar-refractivity contribution in [2.24, 2.45) is 0 Å². The first-order valence-electron chi connectivity index (χ1n) is 6.49. The summed E-state index contributed by atoms with van der Waals surface area (Å²) < 4.78 is 27.4. The van der Waals surface area contributed by atoms with E-state index in [1.54, 1.807) is 25.2 Å². The zero-order chi connectivity index (χ0) is 15.9. The summed E-state index contributed by atoms with van der Waals surface area (Å²) in [5.41, 5.74) is 0.799. The fraction of sp³-hybridized carbons (Fsp3) is 0.125. The molecule has 2 aromatic carbocycles. The summed E-state index contributed by atoms with van der Waals surface area (Å²) >= 11 is 7.26. The quantitative estimate of drug-likeness (QED) is 0.755. The third-order valence-corrected chi connectivity index (χ3v) is 4.90. The standard InChI is InChI=1S/C16H11ClF2NOS/c1-20-13-6-9(17)2-5-14(13)22-15(8-16(20)21)11-7-10(18)3-4-12(11)19/h2-8,15H,1H3/t15-/m1/s1. The molecule has 0 N–H and O–H groups in total. The number of nitrogens with zero attached hydrogens (tertiary/aromatic N) is 1. The van der Waals surface area contributed by atoms with Crippen LogP contribution in [0.1, 0.15) is 10.8 Å². The molecule has 0 aromatic heterocycles. The summed E-state index contributed by atoms with van der Waals surface area (Å²) in [7, 11) is 1.62. The van der Waals surface area contributed by atoms with E-state index in [1.165, 1.54) is 23.1 Å². The predicted octanol–water partition coefficient (Wildman–Crippen LogP) is 4.63. The molecule has 1 aliphatic heterocycles. The Kier molecular flexibility index (Phi) is 4.10. The number of fused-ring (bicyclic) bond motifs is 1. The number of hydrogen-bond acceptors (Lipinski definition) is 2. The van der Waals surface area contributed by atoms with Gasteiger partial charge in [0.2, 0.25) is 5.91 Å². The molecule has 2 aromatic rings. The largest absolute Gasteiger partial charge is 0.314 e. The number of hydrogen-bond donors (Lipinski definition) is 0. The van der Waals surface area contributed by atoms with Gasteiger partial charge >= 0.3 is 0 Å². The molecule has 1 heterocycles. The highest BCUT2D eigenvalue weighted by Gasteiger charge is 2.29. The Labute approximate surface area is 136 Å². The monoisotopic (exact) mass is 338 g/mol. The first-order chi connectivity index (χ1) is 10.5. The molecular formula is C16H11ClF2NOS. The number of anilines is 1. The second kappa shape index (κ2) is 5.89. The molecule has 1 aliphatic rings. The molecule has 0 unspecified atom stereocenters. The highest BCUT2D eigenvalue weighted by atomic mass is 35.5. The van der Waals surface area contributed by atoms with E-state index >= 15 is 0 Å². The second-order valence-electron chi connectivity index (χ2n) is 4.88. The summed E-state index contributed by atoms with van der Waals surface area (Å²) in [5.74, 6) is -1.36. The van der Waals surface area contributed by atoms with Gasteiger partial charge in [-0.2, -0.15) is 0 Å². The Morgan fingerprint density at radius 1 is 1.18 bits per heavy atom. The lowest BCUT2D eigenvalue weighted by atomic mass is 10.1. The molecule has 22 heavy (non-hydrogen) atoms. The van der Waals surface area contributed by atoms with Crippen molar-refractivity contribution in [3.63, 3.8) is 0 Å². The van der Waals surface area contributed by atoms with Crippen molar-refractivity contribution in [3.05, 3.63) is 65.0 Å². The van der Waals surface area contributed by atoms with Gasteiger partial charge in [0.05, 0.1) is 12.1 Å². The number of carbonyl (C=O) groups is 1. The first kappa shape index (κ1) is 15.3. The zero-order valence-electron chi connectivity index (χ0n) is 11.5. The highest BCUT2D eigenvalue weighted by molar-refractivity contribution is 7.99. The van der Waals surface area contributed by atoms with Crippen LogP contribution in [0.3, 0.4) is 0 Å². The van der Waals surface area contributed by atoms with Crippen LogP contribution in [0, 0.1) is 18.1 Å². The van der Waals surface area contributed by atoms with Gasteiger partial charge in [-0.3, -0.25) is 4.79 Å². The maximum absolute atomic E-state index is 14.0. The molecule has 1 amide bonds. The van der Waals surface area contributed by atoms with Crippen molar-refractivity contribution in [1.29, 1.82) is 0 Å². The van der Waals surface area contributed by atoms with Crippen LogP contribution in [-0.2, 0) is 4.79 Å². The molecule has 2 nitrogen and oxygen atoms in total. The Morgan fingerprint density at radius 2 is 1.95 bits per heavy atom. The summed E-state index contributed by atoms with van der Waals surface area (Å²) in [6, 6.07) is 8.41. The van der Waals surface area contributed by atoms with E-state index in [-0.39, 0.29) is 11.5 Å². The van der Waals surface area contributed by atoms with Gasteiger partial charge in [0, 0.05) is 27.8 Å². The van der Waals surface area contributed by atoms with E-state index < -0.39 is 16.9 Å². The van der Waals surface area contributed by atoms with E-state index in [4.69, 9.17) is 11.6 Å². The minimum atomic E-state index is -0.604. The van der Waals surface area contributed by atoms with Gasteiger partial charge in [0.1, 0.15) is 11.6 Å². The van der Waals surface area contributed by atoms with Crippen molar-refractivity contribution in [1.82, 2.24) is 0 Å². The molecule has 1 radical (unpaired) electrons.